The molecule has 1 saturated heterocycles. The summed E-state index contributed by atoms with van der Waals surface area (Å²) < 4.78 is 7.77. The summed E-state index contributed by atoms with van der Waals surface area (Å²) in [5, 5.41) is 5.11. The largest absolute Gasteiger partial charge is 0.381 e. The molecule has 2 aromatic rings. The SMILES string of the molecule is CO[C@@H]1CCN(c2nc(Cl)nc3c2CN(c2cc(C4CC4)nn2C)CC3)CC1(C)C. The molecule has 2 aromatic heterocycles. The van der Waals surface area contributed by atoms with Gasteiger partial charge in [-0.25, -0.2) is 9.97 Å². The van der Waals surface area contributed by atoms with Crippen molar-refractivity contribution in [3.63, 3.8) is 0 Å². The molecular formula is C22H31ClN6O. The van der Waals surface area contributed by atoms with Gasteiger partial charge >= 0.3 is 0 Å². The maximum Gasteiger partial charge on any atom is 0.224 e. The molecule has 2 fully saturated rings. The van der Waals surface area contributed by atoms with Crippen molar-refractivity contribution in [3.05, 3.63) is 28.3 Å². The Balaban J connectivity index is 1.45. The first-order valence-electron chi connectivity index (χ1n) is 11.0. The van der Waals surface area contributed by atoms with E-state index in [0.717, 1.165) is 50.5 Å². The van der Waals surface area contributed by atoms with E-state index < -0.39 is 0 Å². The summed E-state index contributed by atoms with van der Waals surface area (Å²) >= 11 is 6.35. The second-order valence-electron chi connectivity index (χ2n) is 9.66. The third-order valence-corrected chi connectivity index (χ3v) is 7.09. The first kappa shape index (κ1) is 20.1. The smallest absolute Gasteiger partial charge is 0.224 e. The summed E-state index contributed by atoms with van der Waals surface area (Å²) in [4.78, 5) is 14.1. The summed E-state index contributed by atoms with van der Waals surface area (Å²) in [6, 6.07) is 2.27. The summed E-state index contributed by atoms with van der Waals surface area (Å²) in [7, 11) is 3.86. The van der Waals surface area contributed by atoms with E-state index >= 15 is 0 Å². The van der Waals surface area contributed by atoms with Crippen LogP contribution in [0, 0.1) is 5.41 Å². The second kappa shape index (κ2) is 7.38. The number of hydrogen-bond donors (Lipinski definition) is 0. The number of fused-ring (bicyclic) bond motifs is 1. The molecule has 7 nitrogen and oxygen atoms in total. The average Bonchev–Trinajstić information content (AvgIpc) is 3.48. The first-order valence-corrected chi connectivity index (χ1v) is 11.4. The number of aryl methyl sites for hydroxylation is 1. The summed E-state index contributed by atoms with van der Waals surface area (Å²) in [6.07, 6.45) is 4.64. The molecule has 0 bridgehead atoms. The van der Waals surface area contributed by atoms with Gasteiger partial charge in [-0.15, -0.1) is 0 Å². The van der Waals surface area contributed by atoms with Crippen LogP contribution in [0.5, 0.6) is 0 Å². The van der Waals surface area contributed by atoms with Crippen LogP contribution in [-0.2, 0) is 24.8 Å². The molecule has 2 aliphatic heterocycles. The Morgan fingerprint density at radius 3 is 2.63 bits per heavy atom. The van der Waals surface area contributed by atoms with Crippen molar-refractivity contribution in [1.82, 2.24) is 19.7 Å². The molecule has 0 unspecified atom stereocenters. The van der Waals surface area contributed by atoms with Gasteiger partial charge in [0.2, 0.25) is 5.28 Å². The molecule has 0 aromatic carbocycles. The third-order valence-electron chi connectivity index (χ3n) is 6.92. The van der Waals surface area contributed by atoms with Crippen LogP contribution >= 0.6 is 11.6 Å². The van der Waals surface area contributed by atoms with Crippen molar-refractivity contribution >= 4 is 23.2 Å². The van der Waals surface area contributed by atoms with Gasteiger partial charge < -0.3 is 14.5 Å². The molecule has 0 N–H and O–H groups in total. The predicted octanol–water partition coefficient (Wildman–Crippen LogP) is 3.55. The summed E-state index contributed by atoms with van der Waals surface area (Å²) in [5.74, 6) is 2.83. The standard InChI is InChI=1S/C22H31ClN6O/c1-22(2)13-29(10-8-18(22)30-4)20-15-12-28(9-7-16(15)24-21(23)25-20)19-11-17(14-5-6-14)26-27(19)3/h11,14,18H,5-10,12-13H2,1-4H3/t18-/m1/s1. The highest BCUT2D eigenvalue weighted by Crippen LogP contribution is 2.41. The van der Waals surface area contributed by atoms with Crippen molar-refractivity contribution in [2.45, 2.75) is 58.1 Å². The molecule has 4 heterocycles. The van der Waals surface area contributed by atoms with E-state index in [1.54, 1.807) is 0 Å². The lowest BCUT2D eigenvalue weighted by Crippen LogP contribution is -2.50. The molecule has 0 amide bonds. The summed E-state index contributed by atoms with van der Waals surface area (Å²) in [5.41, 5.74) is 3.56. The van der Waals surface area contributed by atoms with E-state index in [4.69, 9.17) is 26.4 Å². The Morgan fingerprint density at radius 2 is 1.93 bits per heavy atom. The van der Waals surface area contributed by atoms with Gasteiger partial charge in [0.15, 0.2) is 0 Å². The molecule has 1 aliphatic carbocycles. The van der Waals surface area contributed by atoms with Crippen LogP contribution < -0.4 is 9.80 Å². The molecule has 162 valence electrons. The zero-order valence-corrected chi connectivity index (χ0v) is 19.1. The Hall–Kier alpha value is -1.86. The maximum atomic E-state index is 6.35. The number of methoxy groups -OCH3 is 1. The second-order valence-corrected chi connectivity index (χ2v) is 10.00. The number of aromatic nitrogens is 4. The minimum Gasteiger partial charge on any atom is -0.381 e. The third kappa shape index (κ3) is 3.56. The van der Waals surface area contributed by atoms with Crippen molar-refractivity contribution in [2.75, 3.05) is 36.5 Å². The Labute approximate surface area is 183 Å². The number of ether oxygens (including phenoxy) is 1. The van der Waals surface area contributed by atoms with Gasteiger partial charge in [0.1, 0.15) is 11.6 Å². The highest BCUT2D eigenvalue weighted by molar-refractivity contribution is 6.28. The molecule has 0 spiro atoms. The summed E-state index contributed by atoms with van der Waals surface area (Å²) in [6.45, 7) is 8.05. The zero-order chi connectivity index (χ0) is 21.0. The van der Waals surface area contributed by atoms with Crippen molar-refractivity contribution < 1.29 is 4.74 Å². The van der Waals surface area contributed by atoms with Crippen LogP contribution in [0.3, 0.4) is 0 Å². The van der Waals surface area contributed by atoms with Crippen LogP contribution in [0.15, 0.2) is 6.07 Å². The number of piperidine rings is 1. The van der Waals surface area contributed by atoms with E-state index in [9.17, 15) is 0 Å². The molecule has 1 saturated carbocycles. The highest BCUT2D eigenvalue weighted by Gasteiger charge is 2.38. The fraction of sp³-hybridized carbons (Fsp3) is 0.682. The molecule has 30 heavy (non-hydrogen) atoms. The Morgan fingerprint density at radius 1 is 1.13 bits per heavy atom. The number of halogens is 1. The van der Waals surface area contributed by atoms with E-state index in [1.165, 1.54) is 29.9 Å². The van der Waals surface area contributed by atoms with E-state index in [2.05, 4.69) is 34.7 Å². The highest BCUT2D eigenvalue weighted by atomic mass is 35.5. The number of rotatable bonds is 4. The van der Waals surface area contributed by atoms with E-state index in [-0.39, 0.29) is 11.5 Å². The zero-order valence-electron chi connectivity index (χ0n) is 18.4. The lowest BCUT2D eigenvalue weighted by Gasteiger charge is -2.45. The van der Waals surface area contributed by atoms with Crippen LogP contribution in [0.25, 0.3) is 0 Å². The van der Waals surface area contributed by atoms with Crippen molar-refractivity contribution in [2.24, 2.45) is 12.5 Å². The fourth-order valence-corrected chi connectivity index (χ4v) is 5.31. The molecule has 0 radical (unpaired) electrons. The quantitative estimate of drug-likeness (QED) is 0.691. The van der Waals surface area contributed by atoms with E-state index in [0.29, 0.717) is 11.2 Å². The van der Waals surface area contributed by atoms with Gasteiger partial charge in [-0.3, -0.25) is 4.68 Å². The van der Waals surface area contributed by atoms with Gasteiger partial charge in [0.05, 0.1) is 17.5 Å². The molecule has 8 heteroatoms. The number of anilines is 2. The minimum absolute atomic E-state index is 0.0485. The average molecular weight is 431 g/mol. The van der Waals surface area contributed by atoms with Crippen LogP contribution in [0.2, 0.25) is 5.28 Å². The van der Waals surface area contributed by atoms with Crippen LogP contribution in [-0.4, -0.2) is 52.6 Å². The van der Waals surface area contributed by atoms with E-state index in [1.807, 2.05) is 18.8 Å². The molecule has 1 atom stereocenters. The minimum atomic E-state index is 0.0485. The number of nitrogens with zero attached hydrogens (tertiary/aromatic N) is 6. The van der Waals surface area contributed by atoms with Crippen LogP contribution in [0.4, 0.5) is 11.6 Å². The number of hydrogen-bond acceptors (Lipinski definition) is 6. The van der Waals surface area contributed by atoms with Gasteiger partial charge in [0.25, 0.3) is 0 Å². The van der Waals surface area contributed by atoms with Crippen molar-refractivity contribution in [1.29, 1.82) is 0 Å². The molecule has 5 rings (SSSR count). The predicted molar refractivity (Wildman–Crippen MR) is 118 cm³/mol. The first-order chi connectivity index (χ1) is 14.4. The molecular weight excluding hydrogens is 400 g/mol. The van der Waals surface area contributed by atoms with Crippen molar-refractivity contribution in [3.8, 4) is 0 Å². The lowest BCUT2D eigenvalue weighted by molar-refractivity contribution is -0.00647. The van der Waals surface area contributed by atoms with Gasteiger partial charge in [0, 0.05) is 69.7 Å². The monoisotopic (exact) mass is 430 g/mol. The van der Waals surface area contributed by atoms with Gasteiger partial charge in [-0.1, -0.05) is 13.8 Å². The Kier molecular flexibility index (Phi) is 4.93. The topological polar surface area (TPSA) is 59.3 Å². The fourth-order valence-electron chi connectivity index (χ4n) is 5.13. The lowest BCUT2D eigenvalue weighted by atomic mass is 9.81. The maximum absolute atomic E-state index is 6.35. The Bertz CT molecular complexity index is 953. The molecule has 3 aliphatic rings. The van der Waals surface area contributed by atoms with Gasteiger partial charge in [-0.2, -0.15) is 5.10 Å². The normalized spacial score (nSPS) is 23.6. The van der Waals surface area contributed by atoms with Crippen LogP contribution in [0.1, 0.15) is 56.0 Å². The van der Waals surface area contributed by atoms with Gasteiger partial charge in [-0.05, 0) is 30.9 Å².